The zero-order chi connectivity index (χ0) is 21.0. The quantitative estimate of drug-likeness (QED) is 0.175. The van der Waals surface area contributed by atoms with Gasteiger partial charge in [0, 0.05) is 0 Å². The van der Waals surface area contributed by atoms with Crippen molar-refractivity contribution in [3.05, 3.63) is 0 Å². The molecule has 0 spiro atoms. The molecule has 0 aromatic rings. The third-order valence-corrected chi connectivity index (χ3v) is 2.55. The van der Waals surface area contributed by atoms with E-state index >= 15 is 0 Å². The van der Waals surface area contributed by atoms with Crippen molar-refractivity contribution in [3.63, 3.8) is 0 Å². The molecule has 0 aromatic carbocycles. The molecule has 0 N–H and O–H groups in total. The maximum atomic E-state index is 10.7. The summed E-state index contributed by atoms with van der Waals surface area (Å²) in [7, 11) is -18.3. The van der Waals surface area contributed by atoms with Gasteiger partial charge in [-0.25, -0.2) is 25.3 Å². The maximum absolute atomic E-state index is 10.7. The summed E-state index contributed by atoms with van der Waals surface area (Å²) >= 11 is 0. The SMILES string of the molecule is O=S(=O)([O-])C(F)(F)F.O=S(=O)([O-])C(F)(F)F.O=S(=O)([O-])C(F)(F)F.[Ag+3]. The van der Waals surface area contributed by atoms with Crippen molar-refractivity contribution in [1.82, 2.24) is 0 Å². The summed E-state index contributed by atoms with van der Waals surface area (Å²) in [6.07, 6.45) is 0. The number of hydrogen-bond acceptors (Lipinski definition) is 9. The Hall–Kier alpha value is -0.160. The van der Waals surface area contributed by atoms with Crippen LogP contribution in [0.5, 0.6) is 0 Å². The fourth-order valence-electron chi connectivity index (χ4n) is 0. The topological polar surface area (TPSA) is 172 Å². The van der Waals surface area contributed by atoms with Crippen LogP contribution in [0.4, 0.5) is 39.5 Å². The fraction of sp³-hybridized carbons (Fsp3) is 1.00. The van der Waals surface area contributed by atoms with Gasteiger partial charge in [-0.3, -0.25) is 0 Å². The molecule has 0 bridgehead atoms. The first-order valence-electron chi connectivity index (χ1n) is 3.81. The Kier molecular flexibility index (Phi) is 12.6. The minimum atomic E-state index is -6.09. The Morgan fingerprint density at radius 2 is 0.480 bits per heavy atom. The smallest absolute Gasteiger partial charge is 0.741 e. The number of hydrogen-bond donors (Lipinski definition) is 0. The van der Waals surface area contributed by atoms with E-state index in [4.69, 9.17) is 38.9 Å². The second kappa shape index (κ2) is 9.68. The van der Waals surface area contributed by atoms with Crippen LogP contribution in [0.15, 0.2) is 0 Å². The van der Waals surface area contributed by atoms with Gasteiger partial charge in [0.15, 0.2) is 30.4 Å². The molecule has 0 unspecified atom stereocenters. The molecule has 0 heterocycles. The van der Waals surface area contributed by atoms with E-state index in [9.17, 15) is 39.5 Å². The first kappa shape index (κ1) is 32.5. The Morgan fingerprint density at radius 1 is 0.440 bits per heavy atom. The van der Waals surface area contributed by atoms with E-state index in [-0.39, 0.29) is 22.4 Å². The van der Waals surface area contributed by atoms with Crippen molar-refractivity contribution in [2.75, 3.05) is 0 Å². The molecule has 0 fully saturated rings. The van der Waals surface area contributed by atoms with Gasteiger partial charge in [0.25, 0.3) is 0 Å². The van der Waals surface area contributed by atoms with Crippen LogP contribution in [-0.2, 0) is 52.7 Å². The Labute approximate surface area is 147 Å². The second-order valence-corrected chi connectivity index (χ2v) is 6.81. The molecule has 0 aliphatic carbocycles. The molecule has 0 radical (unpaired) electrons. The van der Waals surface area contributed by atoms with Gasteiger partial charge in [-0.1, -0.05) is 0 Å². The second-order valence-electron chi connectivity index (χ2n) is 2.70. The Balaban J connectivity index is -0.000000130. The maximum Gasteiger partial charge on any atom is 3.00 e. The standard InChI is InChI=1S/3CHF3O3S.Ag/c3*2-1(3,4)8(5,6)7;/h3*(H,5,6,7);/q;;;+3/p-3. The summed E-state index contributed by atoms with van der Waals surface area (Å²) in [5.74, 6) is 0. The normalized spacial score (nSPS) is 13.4. The van der Waals surface area contributed by atoms with Crippen LogP contribution in [0.25, 0.3) is 0 Å². The first-order chi connectivity index (χ1) is 9.75. The van der Waals surface area contributed by atoms with Gasteiger partial charge in [0.2, 0.25) is 0 Å². The third kappa shape index (κ3) is 15.8. The van der Waals surface area contributed by atoms with Crippen LogP contribution in [0.1, 0.15) is 0 Å². The predicted octanol–water partition coefficient (Wildman–Crippen LogP) is 0.152. The average molecular weight is 555 g/mol. The molecule has 158 valence electrons. The molecule has 0 amide bonds. The zero-order valence-corrected chi connectivity index (χ0v) is 14.0. The van der Waals surface area contributed by atoms with Gasteiger partial charge < -0.3 is 13.7 Å². The Morgan fingerprint density at radius 3 is 0.480 bits per heavy atom. The number of alkyl halides is 9. The van der Waals surface area contributed by atoms with Crippen molar-refractivity contribution in [1.29, 1.82) is 0 Å². The van der Waals surface area contributed by atoms with E-state index in [2.05, 4.69) is 0 Å². The molecular formula is C3AgF9O9S3. The summed E-state index contributed by atoms with van der Waals surface area (Å²) in [4.78, 5) is 0. The summed E-state index contributed by atoms with van der Waals surface area (Å²) in [6.45, 7) is 0. The van der Waals surface area contributed by atoms with Crippen molar-refractivity contribution in [3.8, 4) is 0 Å². The molecule has 0 atom stereocenters. The molecule has 0 saturated heterocycles. The van der Waals surface area contributed by atoms with Crippen LogP contribution < -0.4 is 0 Å². The number of rotatable bonds is 0. The van der Waals surface area contributed by atoms with Crippen LogP contribution >= 0.6 is 0 Å². The van der Waals surface area contributed by atoms with Crippen LogP contribution in [0.2, 0.25) is 0 Å². The van der Waals surface area contributed by atoms with Crippen LogP contribution in [0.3, 0.4) is 0 Å². The van der Waals surface area contributed by atoms with Gasteiger partial charge in [-0.15, -0.1) is 0 Å². The summed E-state index contributed by atoms with van der Waals surface area (Å²) < 4.78 is 177. The van der Waals surface area contributed by atoms with E-state index in [1.54, 1.807) is 0 Å². The summed E-state index contributed by atoms with van der Waals surface area (Å²) in [5, 5.41) is 0. The van der Waals surface area contributed by atoms with Crippen molar-refractivity contribution >= 4 is 30.4 Å². The van der Waals surface area contributed by atoms with Crippen molar-refractivity contribution < 1.29 is 101 Å². The molecule has 9 nitrogen and oxygen atoms in total. The zero-order valence-electron chi connectivity index (χ0n) is 10.1. The first-order valence-corrected chi connectivity index (χ1v) is 8.04. The van der Waals surface area contributed by atoms with Crippen molar-refractivity contribution in [2.24, 2.45) is 0 Å². The largest absolute Gasteiger partial charge is 3.00 e. The molecule has 25 heavy (non-hydrogen) atoms. The van der Waals surface area contributed by atoms with Gasteiger partial charge in [0.05, 0.1) is 0 Å². The molecule has 22 heteroatoms. The fourth-order valence-corrected chi connectivity index (χ4v) is 0. The van der Waals surface area contributed by atoms with E-state index in [0.717, 1.165) is 0 Å². The van der Waals surface area contributed by atoms with Gasteiger partial charge in [-0.05, 0) is 0 Å². The van der Waals surface area contributed by atoms with E-state index in [0.29, 0.717) is 0 Å². The minimum absolute atomic E-state index is 0. The van der Waals surface area contributed by atoms with Crippen molar-refractivity contribution in [2.45, 2.75) is 16.5 Å². The van der Waals surface area contributed by atoms with E-state index < -0.39 is 46.9 Å². The monoisotopic (exact) mass is 554 g/mol. The van der Waals surface area contributed by atoms with E-state index in [1.807, 2.05) is 0 Å². The molecule has 0 aliphatic heterocycles. The summed E-state index contributed by atoms with van der Waals surface area (Å²) in [5.41, 5.74) is -16.9. The molecule has 0 rings (SSSR count). The predicted molar refractivity (Wildman–Crippen MR) is 47.3 cm³/mol. The molecular weight excluding hydrogens is 555 g/mol. The third-order valence-electron chi connectivity index (χ3n) is 0.850. The van der Waals surface area contributed by atoms with E-state index in [1.165, 1.54) is 0 Å². The van der Waals surface area contributed by atoms with Gasteiger partial charge in [-0.2, -0.15) is 39.5 Å². The van der Waals surface area contributed by atoms with Crippen LogP contribution in [-0.4, -0.2) is 55.4 Å². The van der Waals surface area contributed by atoms with Crippen LogP contribution in [0, 0.1) is 0 Å². The molecule has 0 aliphatic rings. The summed E-state index contributed by atoms with van der Waals surface area (Å²) in [6, 6.07) is 0. The van der Waals surface area contributed by atoms with Gasteiger partial charge >= 0.3 is 38.9 Å². The minimum Gasteiger partial charge on any atom is -0.741 e. The Bertz CT molecular complexity index is 596. The number of halogens is 9. The van der Waals surface area contributed by atoms with Gasteiger partial charge in [0.1, 0.15) is 0 Å². The molecule has 0 aromatic heterocycles. The average Bonchev–Trinajstić information content (AvgIpc) is 2.08. The molecule has 0 saturated carbocycles.